The molecule has 0 fully saturated rings. The SMILES string of the molecule is CNC(=O)CN(C)c1nc(C(=O)O)ccc1[N+](=O)[O-]. The van der Waals surface area contributed by atoms with E-state index in [-0.39, 0.29) is 29.7 Å². The number of carbonyl (C=O) groups is 2. The van der Waals surface area contributed by atoms with E-state index in [9.17, 15) is 19.7 Å². The average molecular weight is 268 g/mol. The van der Waals surface area contributed by atoms with Gasteiger partial charge in [-0.3, -0.25) is 14.9 Å². The third-order valence-electron chi connectivity index (χ3n) is 2.29. The number of amides is 1. The van der Waals surface area contributed by atoms with Crippen molar-refractivity contribution in [3.05, 3.63) is 27.9 Å². The first-order valence-electron chi connectivity index (χ1n) is 5.17. The summed E-state index contributed by atoms with van der Waals surface area (Å²) in [7, 11) is 2.84. The zero-order chi connectivity index (χ0) is 14.6. The molecule has 0 unspecified atom stereocenters. The summed E-state index contributed by atoms with van der Waals surface area (Å²) in [5, 5.41) is 22.0. The average Bonchev–Trinajstić information content (AvgIpc) is 2.37. The summed E-state index contributed by atoms with van der Waals surface area (Å²) in [4.78, 5) is 37.1. The molecule has 102 valence electrons. The van der Waals surface area contributed by atoms with Crippen LogP contribution in [0.4, 0.5) is 11.5 Å². The summed E-state index contributed by atoms with van der Waals surface area (Å²) in [5.41, 5.74) is -0.694. The minimum atomic E-state index is -1.30. The summed E-state index contributed by atoms with van der Waals surface area (Å²) in [6.07, 6.45) is 0. The lowest BCUT2D eigenvalue weighted by Gasteiger charge is -2.17. The third-order valence-corrected chi connectivity index (χ3v) is 2.29. The Morgan fingerprint density at radius 2 is 2.16 bits per heavy atom. The van der Waals surface area contributed by atoms with Gasteiger partial charge in [-0.1, -0.05) is 0 Å². The van der Waals surface area contributed by atoms with Crippen LogP contribution >= 0.6 is 0 Å². The molecule has 0 aliphatic carbocycles. The van der Waals surface area contributed by atoms with E-state index in [4.69, 9.17) is 5.11 Å². The zero-order valence-corrected chi connectivity index (χ0v) is 10.3. The highest BCUT2D eigenvalue weighted by atomic mass is 16.6. The highest BCUT2D eigenvalue weighted by Crippen LogP contribution is 2.25. The smallest absolute Gasteiger partial charge is 0.354 e. The summed E-state index contributed by atoms with van der Waals surface area (Å²) in [6, 6.07) is 2.09. The number of carboxylic acids is 1. The standard InChI is InChI=1S/C10H12N4O5/c1-11-8(15)5-13(2)9-7(14(18)19)4-3-6(12-9)10(16)17/h3-4H,5H2,1-2H3,(H,11,15)(H,16,17). The third kappa shape index (κ3) is 3.37. The van der Waals surface area contributed by atoms with Gasteiger partial charge in [0.1, 0.15) is 0 Å². The number of nitrogens with zero attached hydrogens (tertiary/aromatic N) is 3. The number of aromatic carboxylic acids is 1. The number of pyridine rings is 1. The Hall–Kier alpha value is -2.71. The number of carbonyl (C=O) groups excluding carboxylic acids is 1. The van der Waals surface area contributed by atoms with Gasteiger partial charge in [0.25, 0.3) is 0 Å². The number of hydrogen-bond donors (Lipinski definition) is 2. The Morgan fingerprint density at radius 1 is 1.53 bits per heavy atom. The van der Waals surface area contributed by atoms with E-state index in [0.717, 1.165) is 12.1 Å². The van der Waals surface area contributed by atoms with Gasteiger partial charge in [-0.25, -0.2) is 9.78 Å². The number of anilines is 1. The normalized spacial score (nSPS) is 9.79. The first-order chi connectivity index (χ1) is 8.86. The van der Waals surface area contributed by atoms with Gasteiger partial charge in [0.15, 0.2) is 5.69 Å². The molecule has 1 rings (SSSR count). The topological polar surface area (TPSA) is 126 Å². The van der Waals surface area contributed by atoms with Crippen LogP contribution in [0.1, 0.15) is 10.5 Å². The molecule has 1 heterocycles. The van der Waals surface area contributed by atoms with Gasteiger partial charge >= 0.3 is 11.7 Å². The maximum atomic E-state index is 11.2. The molecule has 0 saturated heterocycles. The van der Waals surface area contributed by atoms with Crippen LogP contribution < -0.4 is 10.2 Å². The molecule has 19 heavy (non-hydrogen) atoms. The molecule has 0 radical (unpaired) electrons. The van der Waals surface area contributed by atoms with E-state index in [0.29, 0.717) is 0 Å². The lowest BCUT2D eigenvalue weighted by Crippen LogP contribution is -2.34. The van der Waals surface area contributed by atoms with Crippen LogP contribution in [0.3, 0.4) is 0 Å². The van der Waals surface area contributed by atoms with E-state index >= 15 is 0 Å². The van der Waals surface area contributed by atoms with Crippen LogP contribution in [0.5, 0.6) is 0 Å². The second-order valence-corrected chi connectivity index (χ2v) is 3.63. The van der Waals surface area contributed by atoms with Crippen LogP contribution in [0, 0.1) is 10.1 Å². The van der Waals surface area contributed by atoms with Gasteiger partial charge in [0.05, 0.1) is 11.5 Å². The van der Waals surface area contributed by atoms with E-state index in [1.54, 1.807) is 0 Å². The lowest BCUT2D eigenvalue weighted by atomic mass is 10.3. The molecule has 1 amide bonds. The first kappa shape index (κ1) is 14.4. The van der Waals surface area contributed by atoms with Gasteiger partial charge in [0.2, 0.25) is 11.7 Å². The number of rotatable bonds is 5. The van der Waals surface area contributed by atoms with Crippen molar-refractivity contribution >= 4 is 23.4 Å². The molecule has 1 aromatic heterocycles. The summed E-state index contributed by atoms with van der Waals surface area (Å²) >= 11 is 0. The molecule has 0 bridgehead atoms. The molecule has 0 spiro atoms. The predicted molar refractivity (Wildman–Crippen MR) is 65.2 cm³/mol. The van der Waals surface area contributed by atoms with Crippen LogP contribution in [-0.2, 0) is 4.79 Å². The van der Waals surface area contributed by atoms with Crippen molar-refractivity contribution in [1.29, 1.82) is 0 Å². The van der Waals surface area contributed by atoms with E-state index in [1.165, 1.54) is 19.0 Å². The number of nitrogens with one attached hydrogen (secondary N) is 1. The van der Waals surface area contributed by atoms with Gasteiger partial charge in [-0.2, -0.15) is 0 Å². The molecule has 0 saturated carbocycles. The quantitative estimate of drug-likeness (QED) is 0.562. The Bertz CT molecular complexity index is 531. The maximum Gasteiger partial charge on any atom is 0.354 e. The van der Waals surface area contributed by atoms with Gasteiger partial charge in [0, 0.05) is 20.2 Å². The second kappa shape index (κ2) is 5.76. The number of aromatic nitrogens is 1. The van der Waals surface area contributed by atoms with Crippen molar-refractivity contribution in [2.75, 3.05) is 25.5 Å². The number of hydrogen-bond acceptors (Lipinski definition) is 6. The van der Waals surface area contributed by atoms with Crippen molar-refractivity contribution in [3.8, 4) is 0 Å². The maximum absolute atomic E-state index is 11.2. The van der Waals surface area contributed by atoms with E-state index < -0.39 is 10.9 Å². The highest BCUT2D eigenvalue weighted by molar-refractivity contribution is 5.87. The lowest BCUT2D eigenvalue weighted by molar-refractivity contribution is -0.384. The van der Waals surface area contributed by atoms with Crippen molar-refractivity contribution in [1.82, 2.24) is 10.3 Å². The fraction of sp³-hybridized carbons (Fsp3) is 0.300. The zero-order valence-electron chi connectivity index (χ0n) is 10.3. The number of nitro groups is 1. The van der Waals surface area contributed by atoms with Crippen LogP contribution in [-0.4, -0.2) is 47.5 Å². The molecule has 0 aromatic carbocycles. The fourth-order valence-corrected chi connectivity index (χ4v) is 1.35. The van der Waals surface area contributed by atoms with Crippen LogP contribution in [0.25, 0.3) is 0 Å². The Morgan fingerprint density at radius 3 is 2.63 bits per heavy atom. The summed E-state index contributed by atoms with van der Waals surface area (Å²) in [5.74, 6) is -1.85. The molecule has 1 aromatic rings. The van der Waals surface area contributed by atoms with Gasteiger partial charge in [-0.05, 0) is 6.07 Å². The largest absolute Gasteiger partial charge is 0.477 e. The summed E-state index contributed by atoms with van der Waals surface area (Å²) in [6.45, 7) is -0.173. The van der Waals surface area contributed by atoms with E-state index in [2.05, 4.69) is 10.3 Å². The first-order valence-corrected chi connectivity index (χ1v) is 5.17. The monoisotopic (exact) mass is 268 g/mol. The van der Waals surface area contributed by atoms with Crippen molar-refractivity contribution in [2.45, 2.75) is 0 Å². The minimum Gasteiger partial charge on any atom is -0.477 e. The molecule has 9 nitrogen and oxygen atoms in total. The Balaban J connectivity index is 3.20. The Kier molecular flexibility index (Phi) is 4.35. The number of carboxylic acid groups (broad SMARTS) is 1. The second-order valence-electron chi connectivity index (χ2n) is 3.63. The molecule has 0 atom stereocenters. The van der Waals surface area contributed by atoms with Crippen molar-refractivity contribution in [2.24, 2.45) is 0 Å². The van der Waals surface area contributed by atoms with Gasteiger partial charge < -0.3 is 15.3 Å². The molecule has 9 heteroatoms. The minimum absolute atomic E-state index is 0.173. The fourth-order valence-electron chi connectivity index (χ4n) is 1.35. The van der Waals surface area contributed by atoms with Crippen LogP contribution in [0.15, 0.2) is 12.1 Å². The van der Waals surface area contributed by atoms with Gasteiger partial charge in [-0.15, -0.1) is 0 Å². The highest BCUT2D eigenvalue weighted by Gasteiger charge is 2.22. The molecule has 0 aliphatic rings. The predicted octanol–water partition coefficient (Wildman–Crippen LogP) is -0.130. The summed E-state index contributed by atoms with van der Waals surface area (Å²) < 4.78 is 0. The van der Waals surface area contributed by atoms with Crippen LogP contribution in [0.2, 0.25) is 0 Å². The molecular weight excluding hydrogens is 256 g/mol. The Labute approximate surface area is 108 Å². The number of likely N-dealkylation sites (N-methyl/N-ethyl adjacent to an activating group) is 2. The van der Waals surface area contributed by atoms with Crippen molar-refractivity contribution in [3.63, 3.8) is 0 Å². The molecule has 0 aliphatic heterocycles. The molecular formula is C10H12N4O5. The van der Waals surface area contributed by atoms with Crippen molar-refractivity contribution < 1.29 is 19.6 Å². The van der Waals surface area contributed by atoms with E-state index in [1.807, 2.05) is 0 Å². The molecule has 2 N–H and O–H groups in total.